The van der Waals surface area contributed by atoms with E-state index in [9.17, 15) is 5.21 Å². The van der Waals surface area contributed by atoms with E-state index in [2.05, 4.69) is 21.1 Å². The number of rotatable bonds is 7. The summed E-state index contributed by atoms with van der Waals surface area (Å²) in [4.78, 5) is 0. The molecule has 5 heteroatoms. The molecule has 3 aromatic carbocycles. The number of halogens is 1. The van der Waals surface area contributed by atoms with E-state index < -0.39 is 0 Å². The smallest absolute Gasteiger partial charge is 0.122 e. The van der Waals surface area contributed by atoms with Gasteiger partial charge in [-0.1, -0.05) is 57.0 Å². The Balaban J connectivity index is 1.56. The third-order valence-electron chi connectivity index (χ3n) is 3.97. The van der Waals surface area contributed by atoms with Gasteiger partial charge < -0.3 is 14.7 Å². The maximum atomic E-state index is 9.41. The zero-order valence-electron chi connectivity index (χ0n) is 14.9. The standard InChI is InChI=1S/C22H20BrNO3/c1-16-5-7-17(8-6-16)22(24-25)18-9-11-20(12-10-18)26-13-14-27-21-4-2-3-19(23)15-21/h2-12,15,25H,13-14H2,1H3/b24-22-. The summed E-state index contributed by atoms with van der Waals surface area (Å²) in [5, 5.41) is 12.9. The molecular weight excluding hydrogens is 406 g/mol. The molecule has 0 saturated heterocycles. The molecule has 0 saturated carbocycles. The maximum absolute atomic E-state index is 9.41. The molecule has 27 heavy (non-hydrogen) atoms. The molecule has 0 fully saturated rings. The minimum Gasteiger partial charge on any atom is -0.490 e. The molecule has 0 unspecified atom stereocenters. The third-order valence-corrected chi connectivity index (χ3v) is 4.46. The molecule has 0 spiro atoms. The minimum atomic E-state index is 0.435. The lowest BCUT2D eigenvalue weighted by atomic mass is 10.0. The predicted octanol–water partition coefficient (Wildman–Crippen LogP) is 5.44. The highest BCUT2D eigenvalue weighted by Crippen LogP contribution is 2.19. The van der Waals surface area contributed by atoms with Crippen LogP contribution in [0, 0.1) is 6.92 Å². The highest BCUT2D eigenvalue weighted by molar-refractivity contribution is 9.10. The first kappa shape index (κ1) is 19.0. The number of hydrogen-bond donors (Lipinski definition) is 1. The Bertz CT molecular complexity index is 906. The van der Waals surface area contributed by atoms with Gasteiger partial charge in [0.15, 0.2) is 0 Å². The summed E-state index contributed by atoms with van der Waals surface area (Å²) in [6, 6.07) is 23.0. The van der Waals surface area contributed by atoms with Gasteiger partial charge in [0.1, 0.15) is 30.4 Å². The molecule has 0 amide bonds. The first-order chi connectivity index (χ1) is 13.2. The summed E-state index contributed by atoms with van der Waals surface area (Å²) in [7, 11) is 0. The first-order valence-corrected chi connectivity index (χ1v) is 9.36. The highest BCUT2D eigenvalue weighted by Gasteiger charge is 2.08. The van der Waals surface area contributed by atoms with Crippen molar-refractivity contribution in [1.82, 2.24) is 0 Å². The van der Waals surface area contributed by atoms with E-state index in [0.29, 0.717) is 18.9 Å². The molecule has 4 nitrogen and oxygen atoms in total. The normalized spacial score (nSPS) is 11.3. The summed E-state index contributed by atoms with van der Waals surface area (Å²) in [5.74, 6) is 1.53. The summed E-state index contributed by atoms with van der Waals surface area (Å²) in [6.07, 6.45) is 0. The molecule has 0 bridgehead atoms. The molecule has 3 aromatic rings. The van der Waals surface area contributed by atoms with Crippen LogP contribution in [0.3, 0.4) is 0 Å². The van der Waals surface area contributed by atoms with Gasteiger partial charge in [0.05, 0.1) is 0 Å². The van der Waals surface area contributed by atoms with Crippen LogP contribution in [-0.2, 0) is 0 Å². The van der Waals surface area contributed by atoms with Gasteiger partial charge in [-0.2, -0.15) is 0 Å². The zero-order chi connectivity index (χ0) is 19.1. The topological polar surface area (TPSA) is 51.1 Å². The van der Waals surface area contributed by atoms with Gasteiger partial charge in [-0.05, 0) is 49.4 Å². The Hall–Kier alpha value is -2.79. The SMILES string of the molecule is Cc1ccc(/C(=N/O)c2ccc(OCCOc3cccc(Br)c3)cc2)cc1. The lowest BCUT2D eigenvalue weighted by Gasteiger charge is -2.10. The van der Waals surface area contributed by atoms with Crippen LogP contribution in [-0.4, -0.2) is 24.1 Å². The van der Waals surface area contributed by atoms with Crippen LogP contribution in [0.25, 0.3) is 0 Å². The van der Waals surface area contributed by atoms with Crippen LogP contribution in [0.1, 0.15) is 16.7 Å². The molecule has 1 N–H and O–H groups in total. The monoisotopic (exact) mass is 425 g/mol. The molecule has 0 atom stereocenters. The average Bonchev–Trinajstić information content (AvgIpc) is 2.68. The Morgan fingerprint density at radius 3 is 2.04 bits per heavy atom. The van der Waals surface area contributed by atoms with Crippen molar-refractivity contribution in [2.45, 2.75) is 6.92 Å². The van der Waals surface area contributed by atoms with Crippen molar-refractivity contribution in [2.24, 2.45) is 5.16 Å². The number of oxime groups is 1. The van der Waals surface area contributed by atoms with Gasteiger partial charge in [0, 0.05) is 15.6 Å². The van der Waals surface area contributed by atoms with Gasteiger partial charge in [-0.3, -0.25) is 0 Å². The predicted molar refractivity (Wildman–Crippen MR) is 110 cm³/mol. The van der Waals surface area contributed by atoms with E-state index >= 15 is 0 Å². The number of ether oxygens (including phenoxy) is 2. The van der Waals surface area contributed by atoms with Crippen LogP contribution in [0.2, 0.25) is 0 Å². The van der Waals surface area contributed by atoms with Gasteiger partial charge in [0.25, 0.3) is 0 Å². The molecular formula is C22H20BrNO3. The van der Waals surface area contributed by atoms with E-state index in [1.807, 2.05) is 79.7 Å². The fourth-order valence-corrected chi connectivity index (χ4v) is 2.96. The lowest BCUT2D eigenvalue weighted by molar-refractivity contribution is 0.217. The second kappa shape index (κ2) is 9.24. The number of nitrogens with zero attached hydrogens (tertiary/aromatic N) is 1. The fraction of sp³-hybridized carbons (Fsp3) is 0.136. The molecule has 0 heterocycles. The fourth-order valence-electron chi connectivity index (χ4n) is 2.58. The van der Waals surface area contributed by atoms with E-state index in [1.165, 1.54) is 0 Å². The van der Waals surface area contributed by atoms with Crippen LogP contribution < -0.4 is 9.47 Å². The quantitative estimate of drug-likeness (QED) is 0.237. The molecule has 0 aliphatic carbocycles. The highest BCUT2D eigenvalue weighted by atomic mass is 79.9. The van der Waals surface area contributed by atoms with Gasteiger partial charge >= 0.3 is 0 Å². The van der Waals surface area contributed by atoms with E-state index in [1.54, 1.807) is 0 Å². The van der Waals surface area contributed by atoms with Crippen LogP contribution >= 0.6 is 15.9 Å². The number of aryl methyl sites for hydroxylation is 1. The largest absolute Gasteiger partial charge is 0.490 e. The van der Waals surface area contributed by atoms with E-state index in [-0.39, 0.29) is 0 Å². The molecule has 3 rings (SSSR count). The number of hydrogen-bond acceptors (Lipinski definition) is 4. The van der Waals surface area contributed by atoms with E-state index in [0.717, 1.165) is 32.7 Å². The summed E-state index contributed by atoms with van der Waals surface area (Å²) < 4.78 is 12.3. The lowest BCUT2D eigenvalue weighted by Crippen LogP contribution is -2.09. The minimum absolute atomic E-state index is 0.435. The van der Waals surface area contributed by atoms with E-state index in [4.69, 9.17) is 9.47 Å². The third kappa shape index (κ3) is 5.34. The molecule has 0 aliphatic heterocycles. The average molecular weight is 426 g/mol. The summed E-state index contributed by atoms with van der Waals surface area (Å²) in [5.41, 5.74) is 3.36. The molecule has 0 aromatic heterocycles. The van der Waals surface area contributed by atoms with Gasteiger partial charge in [-0.25, -0.2) is 0 Å². The van der Waals surface area contributed by atoms with Gasteiger partial charge in [-0.15, -0.1) is 0 Å². The molecule has 0 radical (unpaired) electrons. The molecule has 0 aliphatic rings. The van der Waals surface area contributed by atoms with Crippen molar-refractivity contribution in [3.05, 3.63) is 94.0 Å². The Labute approximate surface area is 167 Å². The summed E-state index contributed by atoms with van der Waals surface area (Å²) >= 11 is 3.41. The first-order valence-electron chi connectivity index (χ1n) is 8.56. The Morgan fingerprint density at radius 1 is 0.852 bits per heavy atom. The Kier molecular flexibility index (Phi) is 6.49. The number of benzene rings is 3. The van der Waals surface area contributed by atoms with Crippen LogP contribution in [0.4, 0.5) is 0 Å². The van der Waals surface area contributed by atoms with Crippen LogP contribution in [0.15, 0.2) is 82.4 Å². The van der Waals surface area contributed by atoms with Crippen molar-refractivity contribution >= 4 is 21.6 Å². The van der Waals surface area contributed by atoms with Crippen molar-refractivity contribution in [2.75, 3.05) is 13.2 Å². The van der Waals surface area contributed by atoms with Crippen molar-refractivity contribution in [3.63, 3.8) is 0 Å². The Morgan fingerprint density at radius 2 is 1.44 bits per heavy atom. The van der Waals surface area contributed by atoms with Crippen LogP contribution in [0.5, 0.6) is 11.5 Å². The van der Waals surface area contributed by atoms with Crippen molar-refractivity contribution in [1.29, 1.82) is 0 Å². The zero-order valence-corrected chi connectivity index (χ0v) is 16.5. The van der Waals surface area contributed by atoms with Crippen molar-refractivity contribution in [3.8, 4) is 11.5 Å². The second-order valence-corrected chi connectivity index (χ2v) is 6.91. The summed E-state index contributed by atoms with van der Waals surface area (Å²) in [6.45, 7) is 2.90. The maximum Gasteiger partial charge on any atom is 0.122 e. The van der Waals surface area contributed by atoms with Crippen molar-refractivity contribution < 1.29 is 14.7 Å². The van der Waals surface area contributed by atoms with Gasteiger partial charge in [0.2, 0.25) is 0 Å². The second-order valence-electron chi connectivity index (χ2n) is 5.99. The molecule has 138 valence electrons.